The number of benzene rings is 2. The molecule has 0 saturated carbocycles. The molecule has 2 aromatic heterocycles. The first-order valence-corrected chi connectivity index (χ1v) is 10.8. The zero-order valence-electron chi connectivity index (χ0n) is 18.9. The molecule has 9 heteroatoms. The van der Waals surface area contributed by atoms with Gasteiger partial charge in [0.15, 0.2) is 5.65 Å². The Morgan fingerprint density at radius 1 is 1.18 bits per heavy atom. The summed E-state index contributed by atoms with van der Waals surface area (Å²) in [5.74, 6) is 0.615. The van der Waals surface area contributed by atoms with E-state index in [1.807, 2.05) is 45.0 Å². The number of aryl methyl sites for hydroxylation is 1. The SMILES string of the molecule is COc1ccc(C(=O)NCC(C)(C)n2nc(-c3ccc(C)cc3)c3c(N)ncnc32)cc1Cl. The van der Waals surface area contributed by atoms with E-state index in [-0.39, 0.29) is 5.91 Å². The zero-order chi connectivity index (χ0) is 23.8. The number of halogens is 1. The third kappa shape index (κ3) is 4.34. The molecule has 4 rings (SSSR count). The van der Waals surface area contributed by atoms with E-state index < -0.39 is 5.54 Å². The average molecular weight is 465 g/mol. The van der Waals surface area contributed by atoms with Crippen LogP contribution in [0, 0.1) is 6.92 Å². The van der Waals surface area contributed by atoms with Crippen LogP contribution in [0.3, 0.4) is 0 Å². The van der Waals surface area contributed by atoms with Crippen LogP contribution in [0.2, 0.25) is 5.02 Å². The molecule has 170 valence electrons. The molecule has 2 aromatic carbocycles. The number of aromatic nitrogens is 4. The van der Waals surface area contributed by atoms with E-state index in [1.54, 1.807) is 22.9 Å². The van der Waals surface area contributed by atoms with Crippen LogP contribution in [0.15, 0.2) is 48.8 Å². The van der Waals surface area contributed by atoms with Crippen LogP contribution in [0.1, 0.15) is 29.8 Å². The molecule has 0 aliphatic rings. The number of ether oxygens (including phenoxy) is 1. The number of carbonyl (C=O) groups is 1. The second-order valence-corrected chi connectivity index (χ2v) is 8.84. The van der Waals surface area contributed by atoms with Gasteiger partial charge in [0.05, 0.1) is 23.1 Å². The summed E-state index contributed by atoms with van der Waals surface area (Å²) in [6.45, 7) is 6.26. The van der Waals surface area contributed by atoms with Crippen LogP contribution in [0.4, 0.5) is 5.82 Å². The maximum Gasteiger partial charge on any atom is 0.251 e. The number of methoxy groups -OCH3 is 1. The standard InChI is InChI=1S/C24H25ClN6O2/c1-14-5-7-15(8-6-14)20-19-21(26)28-13-29-22(19)31(30-20)24(2,3)12-27-23(32)16-9-10-18(33-4)17(25)11-16/h5-11,13H,12H2,1-4H3,(H,27,32)(H2,26,28,29). The molecule has 33 heavy (non-hydrogen) atoms. The van der Waals surface area contributed by atoms with Gasteiger partial charge in [0.2, 0.25) is 0 Å². The van der Waals surface area contributed by atoms with Crippen molar-refractivity contribution in [2.45, 2.75) is 26.3 Å². The monoisotopic (exact) mass is 464 g/mol. The number of carbonyl (C=O) groups excluding carboxylic acids is 1. The number of nitrogen functional groups attached to an aromatic ring is 1. The van der Waals surface area contributed by atoms with Crippen LogP contribution in [-0.2, 0) is 5.54 Å². The first kappa shape index (κ1) is 22.5. The third-order valence-corrected chi connectivity index (χ3v) is 5.78. The highest BCUT2D eigenvalue weighted by Gasteiger charge is 2.28. The molecule has 0 unspecified atom stereocenters. The van der Waals surface area contributed by atoms with Crippen LogP contribution in [0.5, 0.6) is 5.75 Å². The summed E-state index contributed by atoms with van der Waals surface area (Å²) in [5.41, 5.74) is 9.40. The number of rotatable bonds is 6. The van der Waals surface area contributed by atoms with E-state index in [9.17, 15) is 4.79 Å². The Balaban J connectivity index is 1.66. The molecule has 0 atom stereocenters. The molecule has 2 heterocycles. The highest BCUT2D eigenvalue weighted by atomic mass is 35.5. The minimum Gasteiger partial charge on any atom is -0.495 e. The van der Waals surface area contributed by atoms with Crippen LogP contribution in [-0.4, -0.2) is 39.3 Å². The Bertz CT molecular complexity index is 1330. The summed E-state index contributed by atoms with van der Waals surface area (Å²) in [7, 11) is 1.53. The fourth-order valence-electron chi connectivity index (χ4n) is 3.59. The zero-order valence-corrected chi connectivity index (χ0v) is 19.6. The molecule has 8 nitrogen and oxygen atoms in total. The summed E-state index contributed by atoms with van der Waals surface area (Å²) in [4.78, 5) is 21.4. The molecule has 0 saturated heterocycles. The van der Waals surface area contributed by atoms with Gasteiger partial charge in [-0.1, -0.05) is 41.4 Å². The quantitative estimate of drug-likeness (QED) is 0.442. The van der Waals surface area contributed by atoms with Gasteiger partial charge in [-0.05, 0) is 39.0 Å². The molecule has 0 aliphatic carbocycles. The van der Waals surface area contributed by atoms with Gasteiger partial charge in [-0.3, -0.25) is 4.79 Å². The summed E-state index contributed by atoms with van der Waals surface area (Å²) in [6, 6.07) is 12.9. The van der Waals surface area contributed by atoms with Crippen molar-refractivity contribution in [1.82, 2.24) is 25.1 Å². The molecule has 1 amide bonds. The minimum atomic E-state index is -0.617. The van der Waals surface area contributed by atoms with Gasteiger partial charge in [0, 0.05) is 17.7 Å². The Kier molecular flexibility index (Phi) is 5.95. The van der Waals surface area contributed by atoms with Gasteiger partial charge < -0.3 is 15.8 Å². The van der Waals surface area contributed by atoms with E-state index in [4.69, 9.17) is 27.2 Å². The van der Waals surface area contributed by atoms with Crippen molar-refractivity contribution in [2.75, 3.05) is 19.4 Å². The van der Waals surface area contributed by atoms with Crippen molar-refractivity contribution in [2.24, 2.45) is 0 Å². The lowest BCUT2D eigenvalue weighted by atomic mass is 10.1. The second-order valence-electron chi connectivity index (χ2n) is 8.43. The predicted molar refractivity (Wildman–Crippen MR) is 130 cm³/mol. The van der Waals surface area contributed by atoms with Crippen molar-refractivity contribution in [3.63, 3.8) is 0 Å². The number of nitrogens with one attached hydrogen (secondary N) is 1. The Hall–Kier alpha value is -3.65. The maximum atomic E-state index is 12.8. The Labute approximate surface area is 196 Å². The lowest BCUT2D eigenvalue weighted by Gasteiger charge is -2.26. The Morgan fingerprint density at radius 3 is 2.58 bits per heavy atom. The van der Waals surface area contributed by atoms with E-state index in [2.05, 4.69) is 15.3 Å². The van der Waals surface area contributed by atoms with Crippen LogP contribution < -0.4 is 15.8 Å². The first-order valence-electron chi connectivity index (χ1n) is 10.4. The molecule has 0 spiro atoms. The summed E-state index contributed by atoms with van der Waals surface area (Å²) in [6.07, 6.45) is 1.42. The van der Waals surface area contributed by atoms with Gasteiger partial charge in [0.1, 0.15) is 23.6 Å². The highest BCUT2D eigenvalue weighted by molar-refractivity contribution is 6.32. The highest BCUT2D eigenvalue weighted by Crippen LogP contribution is 2.33. The summed E-state index contributed by atoms with van der Waals surface area (Å²) >= 11 is 6.17. The van der Waals surface area contributed by atoms with Crippen molar-refractivity contribution >= 4 is 34.4 Å². The molecule has 0 aliphatic heterocycles. The van der Waals surface area contributed by atoms with Gasteiger partial charge in [0.25, 0.3) is 5.91 Å². The largest absolute Gasteiger partial charge is 0.495 e. The van der Waals surface area contributed by atoms with E-state index in [0.717, 1.165) is 11.1 Å². The van der Waals surface area contributed by atoms with Gasteiger partial charge >= 0.3 is 0 Å². The third-order valence-electron chi connectivity index (χ3n) is 5.49. The van der Waals surface area contributed by atoms with Gasteiger partial charge in [-0.2, -0.15) is 5.10 Å². The number of fused-ring (bicyclic) bond motifs is 1. The van der Waals surface area contributed by atoms with Crippen molar-refractivity contribution in [1.29, 1.82) is 0 Å². The first-order chi connectivity index (χ1) is 15.7. The van der Waals surface area contributed by atoms with Crippen molar-refractivity contribution < 1.29 is 9.53 Å². The molecular formula is C24H25ClN6O2. The second kappa shape index (κ2) is 8.71. The molecule has 0 fully saturated rings. The van der Waals surface area contributed by atoms with Crippen LogP contribution in [0.25, 0.3) is 22.3 Å². The van der Waals surface area contributed by atoms with Gasteiger partial charge in [-0.15, -0.1) is 0 Å². The Morgan fingerprint density at radius 2 is 1.91 bits per heavy atom. The smallest absolute Gasteiger partial charge is 0.251 e. The maximum absolute atomic E-state index is 12.8. The predicted octanol–water partition coefficient (Wildman–Crippen LogP) is 4.21. The number of amides is 1. The lowest BCUT2D eigenvalue weighted by Crippen LogP contribution is -2.41. The average Bonchev–Trinajstić information content (AvgIpc) is 3.20. The van der Waals surface area contributed by atoms with Crippen LogP contribution >= 0.6 is 11.6 Å². The number of hydrogen-bond donors (Lipinski definition) is 2. The van der Waals surface area contributed by atoms with E-state index >= 15 is 0 Å². The fourth-order valence-corrected chi connectivity index (χ4v) is 3.85. The number of hydrogen-bond acceptors (Lipinski definition) is 6. The molecule has 0 radical (unpaired) electrons. The molecule has 4 aromatic rings. The number of nitrogens with two attached hydrogens (primary N) is 1. The number of nitrogens with zero attached hydrogens (tertiary/aromatic N) is 4. The molecule has 0 bridgehead atoms. The lowest BCUT2D eigenvalue weighted by molar-refractivity contribution is 0.0936. The fraction of sp³-hybridized carbons (Fsp3) is 0.250. The van der Waals surface area contributed by atoms with E-state index in [1.165, 1.54) is 13.4 Å². The summed E-state index contributed by atoms with van der Waals surface area (Å²) in [5, 5.41) is 8.87. The van der Waals surface area contributed by atoms with Crippen molar-refractivity contribution in [3.8, 4) is 17.0 Å². The number of anilines is 1. The van der Waals surface area contributed by atoms with Crippen molar-refractivity contribution in [3.05, 3.63) is 64.9 Å². The van der Waals surface area contributed by atoms with E-state index in [0.29, 0.717) is 45.4 Å². The molecular weight excluding hydrogens is 440 g/mol. The summed E-state index contributed by atoms with van der Waals surface area (Å²) < 4.78 is 6.94. The molecule has 3 N–H and O–H groups in total. The minimum absolute atomic E-state index is 0.253. The normalized spacial score (nSPS) is 11.5. The topological polar surface area (TPSA) is 108 Å². The van der Waals surface area contributed by atoms with Gasteiger partial charge in [-0.25, -0.2) is 14.6 Å².